The van der Waals surface area contributed by atoms with Crippen LogP contribution in [-0.4, -0.2) is 32.4 Å². The van der Waals surface area contributed by atoms with Crippen LogP contribution in [0.5, 0.6) is 0 Å². The molecule has 0 bridgehead atoms. The smallest absolute Gasteiger partial charge is 0.243 e. The second-order valence-corrected chi connectivity index (χ2v) is 7.68. The minimum atomic E-state index is -3.33. The monoisotopic (exact) mass is 294 g/mol. The van der Waals surface area contributed by atoms with E-state index in [9.17, 15) is 8.42 Å². The van der Waals surface area contributed by atoms with Gasteiger partial charge in [0.15, 0.2) is 0 Å². The normalized spacial score (nSPS) is 27.2. The second kappa shape index (κ2) is 5.37. The van der Waals surface area contributed by atoms with E-state index in [1.807, 2.05) is 19.2 Å². The fourth-order valence-corrected chi connectivity index (χ4v) is 5.32. The van der Waals surface area contributed by atoms with Crippen LogP contribution in [0.15, 0.2) is 29.2 Å². The highest BCUT2D eigenvalue weighted by atomic mass is 32.2. The lowest BCUT2D eigenvalue weighted by Crippen LogP contribution is -2.39. The molecule has 1 N–H and O–H groups in total. The molecule has 1 aromatic rings. The third-order valence-electron chi connectivity index (χ3n) is 4.71. The van der Waals surface area contributed by atoms with Crippen LogP contribution in [0.3, 0.4) is 0 Å². The second-order valence-electron chi connectivity index (χ2n) is 5.79. The molecule has 1 saturated carbocycles. The van der Waals surface area contributed by atoms with E-state index < -0.39 is 10.0 Å². The third kappa shape index (κ3) is 2.33. The highest BCUT2D eigenvalue weighted by Gasteiger charge is 2.42. The quantitative estimate of drug-likeness (QED) is 0.932. The fourth-order valence-electron chi connectivity index (χ4n) is 3.59. The van der Waals surface area contributed by atoms with Gasteiger partial charge in [-0.05, 0) is 49.4 Å². The van der Waals surface area contributed by atoms with E-state index in [1.165, 1.54) is 12.8 Å². The van der Waals surface area contributed by atoms with Gasteiger partial charge in [0.2, 0.25) is 10.0 Å². The van der Waals surface area contributed by atoms with E-state index in [2.05, 4.69) is 5.32 Å². The SMILES string of the molecule is CNc1ccc(S(=O)(=O)N2CCC3CCCCC32)cc1. The van der Waals surface area contributed by atoms with Crippen LogP contribution in [0, 0.1) is 5.92 Å². The number of nitrogens with one attached hydrogen (secondary N) is 1. The molecule has 1 saturated heterocycles. The third-order valence-corrected chi connectivity index (χ3v) is 6.65. The molecular weight excluding hydrogens is 272 g/mol. The molecule has 20 heavy (non-hydrogen) atoms. The maximum atomic E-state index is 12.8. The van der Waals surface area contributed by atoms with Crippen molar-refractivity contribution in [2.45, 2.75) is 43.0 Å². The average Bonchev–Trinajstić information content (AvgIpc) is 2.92. The van der Waals surface area contributed by atoms with E-state index in [4.69, 9.17) is 0 Å². The Morgan fingerprint density at radius 2 is 1.80 bits per heavy atom. The molecule has 2 atom stereocenters. The summed E-state index contributed by atoms with van der Waals surface area (Å²) in [5.74, 6) is 0.579. The molecule has 1 aliphatic heterocycles. The number of nitrogens with zero attached hydrogens (tertiary/aromatic N) is 1. The van der Waals surface area contributed by atoms with E-state index in [-0.39, 0.29) is 6.04 Å². The minimum absolute atomic E-state index is 0.234. The van der Waals surface area contributed by atoms with E-state index >= 15 is 0 Å². The largest absolute Gasteiger partial charge is 0.388 e. The predicted octanol–water partition coefficient (Wildman–Crippen LogP) is 2.68. The Morgan fingerprint density at radius 3 is 2.50 bits per heavy atom. The van der Waals surface area contributed by atoms with Crippen molar-refractivity contribution in [3.8, 4) is 0 Å². The molecule has 2 fully saturated rings. The van der Waals surface area contributed by atoms with Crippen molar-refractivity contribution in [1.82, 2.24) is 4.31 Å². The van der Waals surface area contributed by atoms with Gasteiger partial charge < -0.3 is 5.32 Å². The van der Waals surface area contributed by atoms with Crippen LogP contribution >= 0.6 is 0 Å². The molecule has 2 unspecified atom stereocenters. The van der Waals surface area contributed by atoms with Gasteiger partial charge in [-0.1, -0.05) is 12.8 Å². The zero-order valence-corrected chi connectivity index (χ0v) is 12.7. The van der Waals surface area contributed by atoms with Gasteiger partial charge in [0.1, 0.15) is 0 Å². The number of benzene rings is 1. The summed E-state index contributed by atoms with van der Waals surface area (Å²) in [6, 6.07) is 7.29. The standard InChI is InChI=1S/C15H22N2O2S/c1-16-13-6-8-14(9-7-13)20(18,19)17-11-10-12-4-2-3-5-15(12)17/h6-9,12,15-16H,2-5,10-11H2,1H3. The molecule has 0 amide bonds. The van der Waals surface area contributed by atoms with Crippen molar-refractivity contribution in [3.05, 3.63) is 24.3 Å². The zero-order chi connectivity index (χ0) is 14.2. The van der Waals surface area contributed by atoms with E-state index in [0.29, 0.717) is 17.4 Å². The van der Waals surface area contributed by atoms with Crippen LogP contribution < -0.4 is 5.32 Å². The molecule has 4 nitrogen and oxygen atoms in total. The predicted molar refractivity (Wildman–Crippen MR) is 80.2 cm³/mol. The fraction of sp³-hybridized carbons (Fsp3) is 0.600. The summed E-state index contributed by atoms with van der Waals surface area (Å²) in [5, 5.41) is 3.01. The highest BCUT2D eigenvalue weighted by Crippen LogP contribution is 2.39. The van der Waals surface area contributed by atoms with Crippen molar-refractivity contribution in [1.29, 1.82) is 0 Å². The molecule has 5 heteroatoms. The molecule has 3 rings (SSSR count). The summed E-state index contributed by atoms with van der Waals surface area (Å²) >= 11 is 0. The molecule has 1 heterocycles. The Balaban J connectivity index is 1.87. The zero-order valence-electron chi connectivity index (χ0n) is 11.9. The Kier molecular flexibility index (Phi) is 3.73. The number of rotatable bonds is 3. The number of fused-ring (bicyclic) bond motifs is 1. The summed E-state index contributed by atoms with van der Waals surface area (Å²) in [7, 11) is -1.50. The van der Waals surface area contributed by atoms with Gasteiger partial charge >= 0.3 is 0 Å². The molecule has 0 spiro atoms. The van der Waals surface area contributed by atoms with E-state index in [0.717, 1.165) is 24.9 Å². The maximum absolute atomic E-state index is 12.8. The molecular formula is C15H22N2O2S. The Bertz CT molecular complexity index is 568. The van der Waals surface area contributed by atoms with Crippen LogP contribution in [0.1, 0.15) is 32.1 Å². The topological polar surface area (TPSA) is 49.4 Å². The lowest BCUT2D eigenvalue weighted by atomic mass is 9.86. The summed E-state index contributed by atoms with van der Waals surface area (Å²) in [6.07, 6.45) is 5.66. The van der Waals surface area contributed by atoms with Crippen LogP contribution in [0.25, 0.3) is 0 Å². The van der Waals surface area contributed by atoms with Crippen LogP contribution in [-0.2, 0) is 10.0 Å². The van der Waals surface area contributed by atoms with Gasteiger partial charge in [-0.25, -0.2) is 8.42 Å². The van der Waals surface area contributed by atoms with Gasteiger partial charge in [0, 0.05) is 25.3 Å². The number of hydrogen-bond donors (Lipinski definition) is 1. The van der Waals surface area contributed by atoms with Gasteiger partial charge in [-0.15, -0.1) is 0 Å². The first kappa shape index (κ1) is 13.9. The van der Waals surface area contributed by atoms with Gasteiger partial charge in [0.05, 0.1) is 4.90 Å². The van der Waals surface area contributed by atoms with E-state index in [1.54, 1.807) is 16.4 Å². The number of anilines is 1. The highest BCUT2D eigenvalue weighted by molar-refractivity contribution is 7.89. The maximum Gasteiger partial charge on any atom is 0.243 e. The summed E-state index contributed by atoms with van der Waals surface area (Å²) < 4.78 is 27.3. The number of sulfonamides is 1. The first-order chi connectivity index (χ1) is 9.63. The molecule has 110 valence electrons. The molecule has 1 aromatic carbocycles. The van der Waals surface area contributed by atoms with Crippen molar-refractivity contribution in [3.63, 3.8) is 0 Å². The van der Waals surface area contributed by atoms with Crippen LogP contribution in [0.4, 0.5) is 5.69 Å². The molecule has 2 aliphatic rings. The molecule has 0 radical (unpaired) electrons. The Morgan fingerprint density at radius 1 is 1.10 bits per heavy atom. The summed E-state index contributed by atoms with van der Waals surface area (Å²) in [5.41, 5.74) is 0.931. The minimum Gasteiger partial charge on any atom is -0.388 e. The Labute approximate surface area is 121 Å². The summed E-state index contributed by atoms with van der Waals surface area (Å²) in [6.45, 7) is 0.686. The Hall–Kier alpha value is -1.07. The van der Waals surface area contributed by atoms with Crippen molar-refractivity contribution in [2.75, 3.05) is 18.9 Å². The molecule has 0 aromatic heterocycles. The number of hydrogen-bond acceptors (Lipinski definition) is 3. The van der Waals surface area contributed by atoms with Crippen molar-refractivity contribution < 1.29 is 8.42 Å². The van der Waals surface area contributed by atoms with Crippen molar-refractivity contribution >= 4 is 15.7 Å². The lowest BCUT2D eigenvalue weighted by Gasteiger charge is -2.31. The van der Waals surface area contributed by atoms with Gasteiger partial charge in [-0.2, -0.15) is 4.31 Å². The van der Waals surface area contributed by atoms with Gasteiger partial charge in [0.25, 0.3) is 0 Å². The average molecular weight is 294 g/mol. The van der Waals surface area contributed by atoms with Gasteiger partial charge in [-0.3, -0.25) is 0 Å². The van der Waals surface area contributed by atoms with Crippen molar-refractivity contribution in [2.24, 2.45) is 5.92 Å². The first-order valence-electron chi connectivity index (χ1n) is 7.42. The van der Waals surface area contributed by atoms with Crippen LogP contribution in [0.2, 0.25) is 0 Å². The summed E-state index contributed by atoms with van der Waals surface area (Å²) in [4.78, 5) is 0.419. The lowest BCUT2D eigenvalue weighted by molar-refractivity contribution is 0.260. The first-order valence-corrected chi connectivity index (χ1v) is 8.86. The molecule has 1 aliphatic carbocycles.